The van der Waals surface area contributed by atoms with Crippen LogP contribution in [0.15, 0.2) is 60.7 Å². The normalized spacial score (nSPS) is 11.1. The molecule has 0 fully saturated rings. The molecule has 2 N–H and O–H groups in total. The van der Waals surface area contributed by atoms with Crippen molar-refractivity contribution in [3.05, 3.63) is 63.1 Å². The van der Waals surface area contributed by atoms with Crippen LogP contribution in [0.25, 0.3) is 0 Å². The number of carbonyl (C=O) groups is 1. The fourth-order valence-electron chi connectivity index (χ4n) is 2.03. The van der Waals surface area contributed by atoms with Crippen molar-refractivity contribution in [3.8, 4) is 5.75 Å². The summed E-state index contributed by atoms with van der Waals surface area (Å²) < 4.78 is 2.32. The summed E-state index contributed by atoms with van der Waals surface area (Å²) >= 11 is 13.7. The van der Waals surface area contributed by atoms with Gasteiger partial charge in [0.05, 0.1) is 12.0 Å². The number of rotatable bonds is 8. The van der Waals surface area contributed by atoms with E-state index in [0.29, 0.717) is 15.7 Å². The maximum Gasteiger partial charge on any atom is 0.250 e. The quantitative estimate of drug-likeness (QED) is 0.237. The lowest BCUT2D eigenvalue weighted by atomic mass is 10.2. The van der Waals surface area contributed by atoms with Crippen LogP contribution >= 0.6 is 62.4 Å². The number of thioether (sulfide) groups is 2. The molecule has 1 heterocycles. The van der Waals surface area contributed by atoms with E-state index >= 15 is 0 Å². The van der Waals surface area contributed by atoms with Crippen LogP contribution in [-0.2, 0) is 10.5 Å². The van der Waals surface area contributed by atoms with Crippen molar-refractivity contribution < 1.29 is 9.90 Å². The van der Waals surface area contributed by atoms with E-state index in [4.69, 9.17) is 11.6 Å². The Morgan fingerprint density at radius 1 is 1.24 bits per heavy atom. The average Bonchev–Trinajstić information content (AvgIpc) is 3.16. The highest BCUT2D eigenvalue weighted by molar-refractivity contribution is 9.10. The van der Waals surface area contributed by atoms with Gasteiger partial charge < -0.3 is 5.11 Å². The lowest BCUT2D eigenvalue weighted by molar-refractivity contribution is -0.118. The average molecular weight is 530 g/mol. The summed E-state index contributed by atoms with van der Waals surface area (Å²) in [6.07, 6.45) is 1.39. The Bertz CT molecular complexity index is 1030. The summed E-state index contributed by atoms with van der Waals surface area (Å²) in [5, 5.41) is 22.6. The van der Waals surface area contributed by atoms with Crippen LogP contribution in [0, 0.1) is 0 Å². The zero-order valence-electron chi connectivity index (χ0n) is 14.7. The smallest absolute Gasteiger partial charge is 0.250 e. The number of hydrazone groups is 1. The highest BCUT2D eigenvalue weighted by Gasteiger charge is 2.09. The highest BCUT2D eigenvalue weighted by Crippen LogP contribution is 2.32. The van der Waals surface area contributed by atoms with E-state index in [9.17, 15) is 9.90 Å². The molecule has 1 aromatic heterocycles. The van der Waals surface area contributed by atoms with Gasteiger partial charge in [0.1, 0.15) is 5.75 Å². The first-order valence-corrected chi connectivity index (χ1v) is 12.1. The number of nitrogens with one attached hydrogen (secondary N) is 1. The molecule has 29 heavy (non-hydrogen) atoms. The molecule has 0 aliphatic heterocycles. The number of halogens is 2. The van der Waals surface area contributed by atoms with Crippen LogP contribution in [-0.4, -0.2) is 33.2 Å². The van der Waals surface area contributed by atoms with Crippen molar-refractivity contribution in [2.24, 2.45) is 5.10 Å². The van der Waals surface area contributed by atoms with Crippen LogP contribution in [0.2, 0.25) is 5.02 Å². The monoisotopic (exact) mass is 528 g/mol. The second kappa shape index (κ2) is 11.0. The second-order valence-corrected chi connectivity index (χ2v) is 10.2. The minimum absolute atomic E-state index is 0.0799. The van der Waals surface area contributed by atoms with Crippen molar-refractivity contribution in [3.63, 3.8) is 0 Å². The number of phenols is 1. The van der Waals surface area contributed by atoms with Gasteiger partial charge in [0.15, 0.2) is 8.68 Å². The van der Waals surface area contributed by atoms with E-state index in [1.54, 1.807) is 30.0 Å². The fourth-order valence-corrected chi connectivity index (χ4v) is 5.51. The highest BCUT2D eigenvalue weighted by atomic mass is 79.9. The van der Waals surface area contributed by atoms with Crippen molar-refractivity contribution in [1.82, 2.24) is 15.6 Å². The molecule has 2 aromatic carbocycles. The number of carbonyl (C=O) groups excluding carboxylic acids is 1. The Hall–Kier alpha value is -1.59. The summed E-state index contributed by atoms with van der Waals surface area (Å²) in [6, 6.07) is 12.6. The zero-order valence-corrected chi connectivity index (χ0v) is 19.5. The van der Waals surface area contributed by atoms with Crippen molar-refractivity contribution in [1.29, 1.82) is 0 Å². The third-order valence-corrected chi connectivity index (χ3v) is 7.51. The second-order valence-electron chi connectivity index (χ2n) is 5.50. The Balaban J connectivity index is 1.44. The molecule has 0 spiro atoms. The Morgan fingerprint density at radius 2 is 2.00 bits per heavy atom. The predicted octanol–water partition coefficient (Wildman–Crippen LogP) is 5.19. The molecule has 0 aliphatic rings. The van der Waals surface area contributed by atoms with Crippen LogP contribution in [0.5, 0.6) is 5.75 Å². The number of benzene rings is 2. The summed E-state index contributed by atoms with van der Waals surface area (Å²) in [4.78, 5) is 11.9. The van der Waals surface area contributed by atoms with Gasteiger partial charge in [0, 0.05) is 20.8 Å². The van der Waals surface area contributed by atoms with E-state index in [2.05, 4.69) is 36.7 Å². The fraction of sp³-hybridized carbons (Fsp3) is 0.111. The number of hydrogen-bond acceptors (Lipinski definition) is 8. The molecule has 150 valence electrons. The third-order valence-electron chi connectivity index (χ3n) is 3.41. The zero-order chi connectivity index (χ0) is 20.6. The molecule has 0 bridgehead atoms. The SMILES string of the molecule is O=C(CSc1nnc(SCc2ccccc2Cl)s1)N/N=C/c1cc(Br)ccc1O. The molecule has 3 aromatic rings. The molecule has 0 radical (unpaired) electrons. The molecule has 3 rings (SSSR count). The Morgan fingerprint density at radius 3 is 2.79 bits per heavy atom. The van der Waals surface area contributed by atoms with Crippen LogP contribution < -0.4 is 5.43 Å². The number of aromatic hydroxyl groups is 1. The molecule has 0 saturated carbocycles. The first kappa shape index (κ1) is 22.1. The predicted molar refractivity (Wildman–Crippen MR) is 123 cm³/mol. The van der Waals surface area contributed by atoms with Crippen molar-refractivity contribution in [2.75, 3.05) is 5.75 Å². The Kier molecular flexibility index (Phi) is 8.37. The van der Waals surface area contributed by atoms with Crippen LogP contribution in [0.1, 0.15) is 11.1 Å². The van der Waals surface area contributed by atoms with Gasteiger partial charge in [0.25, 0.3) is 5.91 Å². The molecule has 6 nitrogen and oxygen atoms in total. The van der Waals surface area contributed by atoms with Crippen molar-refractivity contribution in [2.45, 2.75) is 14.4 Å². The number of phenolic OH excluding ortho intramolecular Hbond substituents is 1. The van der Waals surface area contributed by atoms with Crippen LogP contribution in [0.4, 0.5) is 0 Å². The molecule has 0 unspecified atom stereocenters. The van der Waals surface area contributed by atoms with Crippen molar-refractivity contribution >= 4 is 74.5 Å². The van der Waals surface area contributed by atoms with Gasteiger partial charge in [-0.25, -0.2) is 5.43 Å². The first-order chi connectivity index (χ1) is 14.0. The van der Waals surface area contributed by atoms with E-state index in [1.165, 1.54) is 29.3 Å². The van der Waals surface area contributed by atoms with E-state index in [-0.39, 0.29) is 17.4 Å². The topological polar surface area (TPSA) is 87.5 Å². The molecule has 0 aliphatic carbocycles. The number of nitrogens with zero attached hydrogens (tertiary/aromatic N) is 3. The van der Waals surface area contributed by atoms with Gasteiger partial charge in [0.2, 0.25) is 0 Å². The standard InChI is InChI=1S/C18H14BrClN4O2S3/c19-13-5-6-15(25)12(7-13)8-21-22-16(26)10-28-18-24-23-17(29-18)27-9-11-3-1-2-4-14(11)20/h1-8,25H,9-10H2,(H,22,26)/b21-8+. The minimum atomic E-state index is -0.277. The first-order valence-electron chi connectivity index (χ1n) is 8.14. The number of hydrogen-bond donors (Lipinski definition) is 2. The van der Waals surface area contributed by atoms with Gasteiger partial charge in [-0.3, -0.25) is 4.79 Å². The third kappa shape index (κ3) is 7.00. The Labute approximate surface area is 193 Å². The molecular formula is C18H14BrClN4O2S3. The summed E-state index contributed by atoms with van der Waals surface area (Å²) in [5.74, 6) is 0.667. The number of amides is 1. The summed E-state index contributed by atoms with van der Waals surface area (Å²) in [6.45, 7) is 0. The lowest BCUT2D eigenvalue weighted by Crippen LogP contribution is -2.19. The molecule has 0 saturated heterocycles. The van der Waals surface area contributed by atoms with Gasteiger partial charge in [-0.2, -0.15) is 5.10 Å². The molecular weight excluding hydrogens is 516 g/mol. The largest absolute Gasteiger partial charge is 0.507 e. The molecule has 0 atom stereocenters. The summed E-state index contributed by atoms with van der Waals surface area (Å²) in [5.41, 5.74) is 3.96. The van der Waals surface area contributed by atoms with E-state index in [1.807, 2.05) is 24.3 Å². The van der Waals surface area contributed by atoms with Gasteiger partial charge >= 0.3 is 0 Å². The van der Waals surface area contributed by atoms with Gasteiger partial charge in [-0.15, -0.1) is 10.2 Å². The summed E-state index contributed by atoms with van der Waals surface area (Å²) in [7, 11) is 0. The van der Waals surface area contributed by atoms with Gasteiger partial charge in [-0.1, -0.05) is 80.6 Å². The lowest BCUT2D eigenvalue weighted by Gasteiger charge is -2.01. The number of aromatic nitrogens is 2. The maximum atomic E-state index is 11.9. The van der Waals surface area contributed by atoms with E-state index < -0.39 is 0 Å². The van der Waals surface area contributed by atoms with Crippen LogP contribution in [0.3, 0.4) is 0 Å². The maximum absolute atomic E-state index is 11.9. The molecule has 11 heteroatoms. The molecule has 1 amide bonds. The van der Waals surface area contributed by atoms with E-state index in [0.717, 1.165) is 19.4 Å². The van der Waals surface area contributed by atoms with Gasteiger partial charge in [-0.05, 0) is 29.8 Å². The minimum Gasteiger partial charge on any atom is -0.507 e.